The second-order valence-corrected chi connectivity index (χ2v) is 5.39. The number of ether oxygens (including phenoxy) is 1. The first-order chi connectivity index (χ1) is 9.81. The van der Waals surface area contributed by atoms with Crippen LogP contribution in [0.1, 0.15) is 10.4 Å². The number of esters is 1. The summed E-state index contributed by atoms with van der Waals surface area (Å²) in [4.78, 5) is 11.9. The summed E-state index contributed by atoms with van der Waals surface area (Å²) in [6.45, 7) is 0. The Morgan fingerprint density at radius 3 is 2.19 bits per heavy atom. The van der Waals surface area contributed by atoms with Crippen LogP contribution in [0.4, 0.5) is 8.78 Å². The van der Waals surface area contributed by atoms with Crippen molar-refractivity contribution in [1.29, 1.82) is 0 Å². The average Bonchev–Trinajstić information content (AvgIpc) is 2.44. The fourth-order valence-electron chi connectivity index (χ4n) is 1.42. The van der Waals surface area contributed by atoms with Gasteiger partial charge in [0.1, 0.15) is 5.02 Å². The maximum absolute atomic E-state index is 13.1. The van der Waals surface area contributed by atoms with Gasteiger partial charge in [0, 0.05) is 0 Å². The molecule has 0 amide bonds. The molecule has 2 rings (SSSR count). The lowest BCUT2D eigenvalue weighted by Crippen LogP contribution is -2.10. The highest BCUT2D eigenvalue weighted by Gasteiger charge is 2.19. The van der Waals surface area contributed by atoms with Gasteiger partial charge in [-0.1, -0.05) is 46.4 Å². The largest absolute Gasteiger partial charge is 0.420 e. The summed E-state index contributed by atoms with van der Waals surface area (Å²) in [6, 6.07) is 3.78. The molecular weight excluding hydrogens is 368 g/mol. The Kier molecular flexibility index (Phi) is 4.94. The van der Waals surface area contributed by atoms with Crippen molar-refractivity contribution in [1.82, 2.24) is 0 Å². The Bertz CT molecular complexity index is 735. The molecule has 110 valence electrons. The number of carbonyl (C=O) groups is 1. The summed E-state index contributed by atoms with van der Waals surface area (Å²) >= 11 is 23.3. The van der Waals surface area contributed by atoms with Crippen LogP contribution in [0.15, 0.2) is 24.3 Å². The van der Waals surface area contributed by atoms with Gasteiger partial charge < -0.3 is 4.74 Å². The lowest BCUT2D eigenvalue weighted by atomic mass is 10.2. The molecule has 0 fully saturated rings. The lowest BCUT2D eigenvalue weighted by molar-refractivity contribution is 0.0734. The molecule has 0 heterocycles. The maximum atomic E-state index is 13.1. The molecule has 0 spiro atoms. The first-order valence-corrected chi connectivity index (χ1v) is 6.82. The van der Waals surface area contributed by atoms with Gasteiger partial charge in [0.2, 0.25) is 0 Å². The summed E-state index contributed by atoms with van der Waals surface area (Å²) in [5.41, 5.74) is -0.216. The fraction of sp³-hybridized carbons (Fsp3) is 0. The minimum Gasteiger partial charge on any atom is -0.420 e. The smallest absolute Gasteiger partial charge is 0.343 e. The van der Waals surface area contributed by atoms with Crippen LogP contribution in [0, 0.1) is 11.6 Å². The molecule has 0 saturated carbocycles. The highest BCUT2D eigenvalue weighted by Crippen LogP contribution is 2.42. The normalized spacial score (nSPS) is 10.6. The molecule has 2 aromatic carbocycles. The maximum Gasteiger partial charge on any atom is 0.343 e. The van der Waals surface area contributed by atoms with Crippen molar-refractivity contribution in [2.45, 2.75) is 0 Å². The van der Waals surface area contributed by atoms with E-state index in [0.717, 1.165) is 12.1 Å². The van der Waals surface area contributed by atoms with Crippen molar-refractivity contribution in [3.05, 3.63) is 61.6 Å². The molecule has 8 heteroatoms. The molecule has 0 radical (unpaired) electrons. The third-order valence-electron chi connectivity index (χ3n) is 2.42. The molecule has 0 bridgehead atoms. The van der Waals surface area contributed by atoms with Crippen LogP contribution in [-0.2, 0) is 0 Å². The predicted molar refractivity (Wildman–Crippen MR) is 77.8 cm³/mol. The highest BCUT2D eigenvalue weighted by atomic mass is 35.5. The molecule has 0 saturated heterocycles. The van der Waals surface area contributed by atoms with Gasteiger partial charge in [-0.25, -0.2) is 13.6 Å². The predicted octanol–water partition coefficient (Wildman–Crippen LogP) is 5.80. The van der Waals surface area contributed by atoms with E-state index in [1.54, 1.807) is 0 Å². The van der Waals surface area contributed by atoms with E-state index in [0.29, 0.717) is 6.07 Å². The van der Waals surface area contributed by atoms with Gasteiger partial charge in [0.05, 0.1) is 20.6 Å². The van der Waals surface area contributed by atoms with Crippen molar-refractivity contribution < 1.29 is 18.3 Å². The average molecular weight is 372 g/mol. The molecule has 0 N–H and O–H groups in total. The second-order valence-electron chi connectivity index (χ2n) is 3.82. The third-order valence-corrected chi connectivity index (χ3v) is 3.95. The summed E-state index contributed by atoms with van der Waals surface area (Å²) in [6.07, 6.45) is 0. The van der Waals surface area contributed by atoms with Crippen molar-refractivity contribution in [3.63, 3.8) is 0 Å². The third kappa shape index (κ3) is 3.40. The van der Waals surface area contributed by atoms with E-state index in [9.17, 15) is 13.6 Å². The lowest BCUT2D eigenvalue weighted by Gasteiger charge is -2.10. The number of benzene rings is 2. The minimum atomic E-state index is -1.18. The van der Waals surface area contributed by atoms with Gasteiger partial charge in [-0.2, -0.15) is 0 Å². The molecule has 0 aliphatic carbocycles. The number of hydrogen-bond donors (Lipinski definition) is 0. The minimum absolute atomic E-state index is 0.0455. The Labute approximate surface area is 138 Å². The molecule has 0 aliphatic heterocycles. The van der Waals surface area contributed by atoms with Gasteiger partial charge in [-0.15, -0.1) is 0 Å². The van der Waals surface area contributed by atoms with E-state index in [1.807, 2.05) is 0 Å². The summed E-state index contributed by atoms with van der Waals surface area (Å²) in [5, 5.41) is -0.175. The monoisotopic (exact) mass is 370 g/mol. The van der Waals surface area contributed by atoms with Crippen molar-refractivity contribution in [2.24, 2.45) is 0 Å². The second kappa shape index (κ2) is 6.36. The van der Waals surface area contributed by atoms with Crippen LogP contribution < -0.4 is 4.74 Å². The van der Waals surface area contributed by atoms with Crippen LogP contribution in [0.2, 0.25) is 20.1 Å². The van der Waals surface area contributed by atoms with Gasteiger partial charge in [-0.05, 0) is 24.3 Å². The zero-order valence-corrected chi connectivity index (χ0v) is 12.9. The molecule has 0 aromatic heterocycles. The molecule has 0 aliphatic rings. The van der Waals surface area contributed by atoms with Crippen LogP contribution in [0.25, 0.3) is 0 Å². The van der Waals surface area contributed by atoms with Gasteiger partial charge in [0.15, 0.2) is 17.4 Å². The zero-order valence-electron chi connectivity index (χ0n) is 9.89. The molecule has 2 aromatic rings. The summed E-state index contributed by atoms with van der Waals surface area (Å²) < 4.78 is 30.9. The topological polar surface area (TPSA) is 26.3 Å². The zero-order chi connectivity index (χ0) is 15.7. The van der Waals surface area contributed by atoms with Crippen LogP contribution >= 0.6 is 46.4 Å². The van der Waals surface area contributed by atoms with E-state index in [4.69, 9.17) is 51.1 Å². The molecule has 0 unspecified atom stereocenters. The Hall–Kier alpha value is -1.07. The number of rotatable bonds is 2. The van der Waals surface area contributed by atoms with E-state index in [1.165, 1.54) is 6.07 Å². The summed E-state index contributed by atoms with van der Waals surface area (Å²) in [7, 11) is 0. The molecule has 0 atom stereocenters. The van der Waals surface area contributed by atoms with E-state index in [2.05, 4.69) is 0 Å². The SMILES string of the molecule is O=C(Oc1c(Cl)cc(Cl)c(Cl)c1Cl)c1ccc(F)c(F)c1. The van der Waals surface area contributed by atoms with Crippen LogP contribution in [0.5, 0.6) is 5.75 Å². The summed E-state index contributed by atoms with van der Waals surface area (Å²) in [5.74, 6) is -3.47. The van der Waals surface area contributed by atoms with E-state index >= 15 is 0 Å². The fourth-order valence-corrected chi connectivity index (χ4v) is 2.40. The van der Waals surface area contributed by atoms with Crippen molar-refractivity contribution >= 4 is 52.4 Å². The Balaban J connectivity index is 2.36. The number of carbonyl (C=O) groups excluding carboxylic acids is 1. The number of hydrogen-bond acceptors (Lipinski definition) is 2. The van der Waals surface area contributed by atoms with E-state index in [-0.39, 0.29) is 31.4 Å². The molecular formula is C13H4Cl4F2O2. The Morgan fingerprint density at radius 1 is 0.905 bits per heavy atom. The van der Waals surface area contributed by atoms with Gasteiger partial charge in [0.25, 0.3) is 0 Å². The van der Waals surface area contributed by atoms with Crippen LogP contribution in [-0.4, -0.2) is 5.97 Å². The first-order valence-electron chi connectivity index (χ1n) is 5.31. The standard InChI is InChI=1S/C13H4Cl4F2O2/c14-6-4-7(15)12(11(17)10(6)16)21-13(20)5-1-2-8(18)9(19)3-5/h1-4H. The number of halogens is 6. The van der Waals surface area contributed by atoms with Crippen molar-refractivity contribution in [3.8, 4) is 5.75 Å². The Morgan fingerprint density at radius 2 is 1.57 bits per heavy atom. The van der Waals surface area contributed by atoms with Gasteiger partial charge in [-0.3, -0.25) is 0 Å². The van der Waals surface area contributed by atoms with E-state index < -0.39 is 17.6 Å². The van der Waals surface area contributed by atoms with Gasteiger partial charge >= 0.3 is 5.97 Å². The highest BCUT2D eigenvalue weighted by molar-refractivity contribution is 6.50. The van der Waals surface area contributed by atoms with Crippen molar-refractivity contribution in [2.75, 3.05) is 0 Å². The molecule has 21 heavy (non-hydrogen) atoms. The molecule has 2 nitrogen and oxygen atoms in total. The first kappa shape index (κ1) is 16.3. The quantitative estimate of drug-likeness (QED) is 0.288. The van der Waals surface area contributed by atoms with Crippen LogP contribution in [0.3, 0.4) is 0 Å².